The van der Waals surface area contributed by atoms with Crippen molar-refractivity contribution in [3.05, 3.63) is 99.4 Å². The van der Waals surface area contributed by atoms with Gasteiger partial charge in [-0.2, -0.15) is 0 Å². The Bertz CT molecular complexity index is 1280. The Morgan fingerprint density at radius 1 is 0.971 bits per heavy atom. The number of hydrogen-bond donors (Lipinski definition) is 2. The van der Waals surface area contributed by atoms with Gasteiger partial charge in [0.05, 0.1) is 11.7 Å². The van der Waals surface area contributed by atoms with Gasteiger partial charge in [-0.25, -0.2) is 9.97 Å². The maximum atomic E-state index is 13.1. The van der Waals surface area contributed by atoms with Crippen LogP contribution in [-0.2, 0) is 12.8 Å². The minimum Gasteiger partial charge on any atom is -0.342 e. The van der Waals surface area contributed by atoms with E-state index in [0.29, 0.717) is 11.5 Å². The predicted molar refractivity (Wildman–Crippen MR) is 137 cm³/mol. The number of hydrogen-bond acceptors (Lipinski definition) is 6. The minimum atomic E-state index is -0.286. The molecular formula is C27H27N5OS. The Morgan fingerprint density at radius 3 is 2.44 bits per heavy atom. The molecule has 3 heterocycles. The third-order valence-corrected chi connectivity index (χ3v) is 7.23. The maximum Gasteiger partial charge on any atom is 0.256 e. The SMILES string of the molecule is Cc1cc(C)nc(N[C@H](c2ccccn2)c2c(NC(=O)c3ccccc3)sc3c2CCCC3)n1. The van der Waals surface area contributed by atoms with Crippen LogP contribution in [0.15, 0.2) is 60.8 Å². The number of carbonyl (C=O) groups is 1. The maximum absolute atomic E-state index is 13.1. The Hall–Kier alpha value is -3.58. The molecule has 0 unspecified atom stereocenters. The topological polar surface area (TPSA) is 79.8 Å². The molecule has 0 saturated carbocycles. The second kappa shape index (κ2) is 9.73. The van der Waals surface area contributed by atoms with E-state index in [-0.39, 0.29) is 11.9 Å². The molecule has 0 bridgehead atoms. The zero-order valence-corrected chi connectivity index (χ0v) is 20.2. The van der Waals surface area contributed by atoms with E-state index in [0.717, 1.165) is 46.9 Å². The van der Waals surface area contributed by atoms with Crippen molar-refractivity contribution in [1.82, 2.24) is 15.0 Å². The van der Waals surface area contributed by atoms with Gasteiger partial charge in [0.2, 0.25) is 5.95 Å². The van der Waals surface area contributed by atoms with Gasteiger partial charge >= 0.3 is 0 Å². The molecule has 2 N–H and O–H groups in total. The van der Waals surface area contributed by atoms with E-state index in [2.05, 4.69) is 25.6 Å². The number of rotatable bonds is 6. The largest absolute Gasteiger partial charge is 0.342 e. The van der Waals surface area contributed by atoms with Crippen LogP contribution in [0.5, 0.6) is 0 Å². The van der Waals surface area contributed by atoms with Crippen LogP contribution in [0, 0.1) is 13.8 Å². The highest BCUT2D eigenvalue weighted by Crippen LogP contribution is 2.44. The van der Waals surface area contributed by atoms with Gasteiger partial charge in [0, 0.05) is 33.6 Å². The van der Waals surface area contributed by atoms with Gasteiger partial charge < -0.3 is 10.6 Å². The number of benzene rings is 1. The van der Waals surface area contributed by atoms with Crippen molar-refractivity contribution in [3.8, 4) is 0 Å². The van der Waals surface area contributed by atoms with Crippen molar-refractivity contribution < 1.29 is 4.79 Å². The molecule has 0 saturated heterocycles. The summed E-state index contributed by atoms with van der Waals surface area (Å²) in [6, 6.07) is 16.9. The Balaban J connectivity index is 1.61. The van der Waals surface area contributed by atoms with Crippen LogP contribution in [0.1, 0.15) is 62.3 Å². The third kappa shape index (κ3) is 4.70. The first-order chi connectivity index (χ1) is 16.6. The molecule has 0 spiro atoms. The monoisotopic (exact) mass is 469 g/mol. The number of nitrogens with zero attached hydrogens (tertiary/aromatic N) is 3. The quantitative estimate of drug-likeness (QED) is 0.368. The van der Waals surface area contributed by atoms with E-state index in [9.17, 15) is 4.79 Å². The molecule has 6 nitrogen and oxygen atoms in total. The molecule has 1 aliphatic rings. The second-order valence-electron chi connectivity index (χ2n) is 8.58. The van der Waals surface area contributed by atoms with Gasteiger partial charge in [-0.05, 0) is 75.4 Å². The number of pyridine rings is 1. The average Bonchev–Trinajstić information content (AvgIpc) is 3.20. The molecule has 0 radical (unpaired) electrons. The van der Waals surface area contributed by atoms with Crippen LogP contribution in [-0.4, -0.2) is 20.9 Å². The first-order valence-corrected chi connectivity index (χ1v) is 12.4. The highest BCUT2D eigenvalue weighted by Gasteiger charge is 2.30. The van der Waals surface area contributed by atoms with Crippen LogP contribution >= 0.6 is 11.3 Å². The number of carbonyl (C=O) groups excluding carboxylic acids is 1. The van der Waals surface area contributed by atoms with Crippen molar-refractivity contribution in [3.63, 3.8) is 0 Å². The van der Waals surface area contributed by atoms with Crippen molar-refractivity contribution in [2.45, 2.75) is 45.6 Å². The fourth-order valence-corrected chi connectivity index (χ4v) is 5.84. The summed E-state index contributed by atoms with van der Waals surface area (Å²) >= 11 is 1.68. The zero-order valence-electron chi connectivity index (χ0n) is 19.3. The summed E-state index contributed by atoms with van der Waals surface area (Å²) in [5.41, 5.74) is 5.70. The molecule has 4 aromatic rings. The zero-order chi connectivity index (χ0) is 23.5. The van der Waals surface area contributed by atoms with E-state index >= 15 is 0 Å². The molecule has 1 aromatic carbocycles. The van der Waals surface area contributed by atoms with Crippen LogP contribution in [0.4, 0.5) is 10.9 Å². The number of amides is 1. The summed E-state index contributed by atoms with van der Waals surface area (Å²) in [6.07, 6.45) is 6.12. The summed E-state index contributed by atoms with van der Waals surface area (Å²) in [5, 5.41) is 7.64. The molecule has 3 aromatic heterocycles. The van der Waals surface area contributed by atoms with Gasteiger partial charge in [-0.1, -0.05) is 24.3 Å². The van der Waals surface area contributed by atoms with Gasteiger partial charge in [-0.3, -0.25) is 9.78 Å². The number of fused-ring (bicyclic) bond motifs is 1. The van der Waals surface area contributed by atoms with E-state index in [1.165, 1.54) is 16.9 Å². The lowest BCUT2D eigenvalue weighted by Crippen LogP contribution is -2.20. The average molecular weight is 470 g/mol. The summed E-state index contributed by atoms with van der Waals surface area (Å²) in [5.74, 6) is 0.451. The molecule has 172 valence electrons. The fraction of sp³-hybridized carbons (Fsp3) is 0.259. The van der Waals surface area contributed by atoms with Crippen LogP contribution in [0.2, 0.25) is 0 Å². The van der Waals surface area contributed by atoms with Gasteiger partial charge in [-0.15, -0.1) is 11.3 Å². The molecule has 7 heteroatoms. The van der Waals surface area contributed by atoms with E-state index in [1.807, 2.05) is 68.4 Å². The normalized spacial score (nSPS) is 13.7. The van der Waals surface area contributed by atoms with E-state index in [1.54, 1.807) is 17.5 Å². The summed E-state index contributed by atoms with van der Waals surface area (Å²) < 4.78 is 0. The van der Waals surface area contributed by atoms with Crippen LogP contribution < -0.4 is 10.6 Å². The molecular weight excluding hydrogens is 442 g/mol. The molecule has 34 heavy (non-hydrogen) atoms. The summed E-state index contributed by atoms with van der Waals surface area (Å²) in [7, 11) is 0. The second-order valence-corrected chi connectivity index (χ2v) is 9.69. The van der Waals surface area contributed by atoms with Crippen molar-refractivity contribution in [2.24, 2.45) is 0 Å². The first-order valence-electron chi connectivity index (χ1n) is 11.6. The summed E-state index contributed by atoms with van der Waals surface area (Å²) in [4.78, 5) is 28.4. The number of aryl methyl sites for hydroxylation is 3. The van der Waals surface area contributed by atoms with Gasteiger partial charge in [0.25, 0.3) is 5.91 Å². The number of thiophene rings is 1. The Morgan fingerprint density at radius 2 is 1.71 bits per heavy atom. The van der Waals surface area contributed by atoms with Gasteiger partial charge in [0.15, 0.2) is 0 Å². The van der Waals surface area contributed by atoms with Crippen molar-refractivity contribution >= 4 is 28.2 Å². The molecule has 1 aliphatic carbocycles. The third-order valence-electron chi connectivity index (χ3n) is 6.00. The van der Waals surface area contributed by atoms with Crippen LogP contribution in [0.25, 0.3) is 0 Å². The Kier molecular flexibility index (Phi) is 6.36. The fourth-order valence-electron chi connectivity index (χ4n) is 4.51. The lowest BCUT2D eigenvalue weighted by Gasteiger charge is -2.23. The lowest BCUT2D eigenvalue weighted by atomic mass is 9.91. The summed E-state index contributed by atoms with van der Waals surface area (Å²) in [6.45, 7) is 3.93. The van der Waals surface area contributed by atoms with Crippen LogP contribution in [0.3, 0.4) is 0 Å². The number of anilines is 2. The molecule has 0 fully saturated rings. The highest BCUT2D eigenvalue weighted by atomic mass is 32.1. The Labute approximate surface area is 203 Å². The first kappa shape index (κ1) is 22.2. The molecule has 1 atom stereocenters. The lowest BCUT2D eigenvalue weighted by molar-refractivity contribution is 0.102. The predicted octanol–water partition coefficient (Wildman–Crippen LogP) is 5.88. The van der Waals surface area contributed by atoms with E-state index in [4.69, 9.17) is 0 Å². The standard InChI is InChI=1S/C27H27N5OS/c1-17-16-18(2)30-27(29-17)31-24(21-13-8-9-15-28-21)23-20-12-6-7-14-22(20)34-26(23)32-25(33)19-10-4-3-5-11-19/h3-5,8-11,13,15-16,24H,6-7,12,14H2,1-2H3,(H,32,33)(H,29,30,31)/t24-/m1/s1. The smallest absolute Gasteiger partial charge is 0.256 e. The molecule has 5 rings (SSSR count). The highest BCUT2D eigenvalue weighted by molar-refractivity contribution is 7.16. The molecule has 0 aliphatic heterocycles. The minimum absolute atomic E-state index is 0.108. The van der Waals surface area contributed by atoms with Gasteiger partial charge in [0.1, 0.15) is 5.00 Å². The van der Waals surface area contributed by atoms with E-state index < -0.39 is 0 Å². The number of aromatic nitrogens is 3. The van der Waals surface area contributed by atoms with Crippen molar-refractivity contribution in [1.29, 1.82) is 0 Å². The van der Waals surface area contributed by atoms with Crippen molar-refractivity contribution in [2.75, 3.05) is 10.6 Å². The number of nitrogens with one attached hydrogen (secondary N) is 2. The molecule has 1 amide bonds.